The fourth-order valence-electron chi connectivity index (χ4n) is 2.67. The number of primary amides is 1. The van der Waals surface area contributed by atoms with Crippen molar-refractivity contribution in [2.24, 2.45) is 5.73 Å². The Kier molecular flexibility index (Phi) is 4.54. The largest absolute Gasteiger partial charge is 0.416 e. The predicted molar refractivity (Wildman–Crippen MR) is 92.3 cm³/mol. The van der Waals surface area contributed by atoms with Crippen molar-refractivity contribution in [3.8, 4) is 22.5 Å². The highest BCUT2D eigenvalue weighted by Gasteiger charge is 2.30. The Morgan fingerprint density at radius 2 is 1.62 bits per heavy atom. The first kappa shape index (κ1) is 17.7. The lowest BCUT2D eigenvalue weighted by atomic mass is 10.1. The van der Waals surface area contributed by atoms with E-state index in [9.17, 15) is 18.0 Å². The van der Waals surface area contributed by atoms with Crippen molar-refractivity contribution >= 4 is 5.91 Å². The summed E-state index contributed by atoms with van der Waals surface area (Å²) >= 11 is 0. The molecule has 0 saturated carbocycles. The molecule has 0 aliphatic carbocycles. The van der Waals surface area contributed by atoms with E-state index < -0.39 is 17.6 Å². The van der Waals surface area contributed by atoms with Crippen LogP contribution in [0.3, 0.4) is 0 Å². The van der Waals surface area contributed by atoms with Gasteiger partial charge in [0.2, 0.25) is 5.91 Å². The quantitative estimate of drug-likeness (QED) is 0.753. The molecule has 4 nitrogen and oxygen atoms in total. The summed E-state index contributed by atoms with van der Waals surface area (Å²) in [4.78, 5) is 11.2. The second kappa shape index (κ2) is 6.67. The summed E-state index contributed by atoms with van der Waals surface area (Å²) < 4.78 is 39.9. The summed E-state index contributed by atoms with van der Waals surface area (Å²) in [7, 11) is 0. The first-order valence-corrected chi connectivity index (χ1v) is 7.95. The number of carbonyl (C=O) groups excluding carboxylic acids is 1. The van der Waals surface area contributed by atoms with Crippen molar-refractivity contribution in [3.63, 3.8) is 0 Å². The van der Waals surface area contributed by atoms with E-state index >= 15 is 0 Å². The molecule has 0 bridgehead atoms. The first-order chi connectivity index (χ1) is 12.3. The number of hydrogen-bond acceptors (Lipinski definition) is 2. The Balaban J connectivity index is 1.97. The third-order valence-electron chi connectivity index (χ3n) is 4.05. The second-order valence-electron chi connectivity index (χ2n) is 5.75. The third kappa shape index (κ3) is 3.46. The Hall–Kier alpha value is -3.09. The molecule has 26 heavy (non-hydrogen) atoms. The molecule has 134 valence electrons. The van der Waals surface area contributed by atoms with E-state index in [2.05, 4.69) is 5.10 Å². The molecule has 2 N–H and O–H groups in total. The molecule has 2 aromatic carbocycles. The van der Waals surface area contributed by atoms with Gasteiger partial charge in [-0.05, 0) is 42.8 Å². The smallest absolute Gasteiger partial charge is 0.366 e. The second-order valence-corrected chi connectivity index (χ2v) is 5.75. The van der Waals surface area contributed by atoms with Gasteiger partial charge in [0.25, 0.3) is 0 Å². The summed E-state index contributed by atoms with van der Waals surface area (Å²) in [6, 6.07) is 13.5. The number of halogens is 3. The van der Waals surface area contributed by atoms with E-state index in [-0.39, 0.29) is 0 Å². The number of alkyl halides is 3. The van der Waals surface area contributed by atoms with Crippen molar-refractivity contribution in [2.45, 2.75) is 19.6 Å². The number of nitrogens with two attached hydrogens (primary N) is 1. The lowest BCUT2D eigenvalue weighted by Crippen LogP contribution is -2.10. The van der Waals surface area contributed by atoms with Crippen molar-refractivity contribution in [1.29, 1.82) is 0 Å². The molecule has 0 spiro atoms. The lowest BCUT2D eigenvalue weighted by molar-refractivity contribution is -0.137. The van der Waals surface area contributed by atoms with Crippen LogP contribution in [0.5, 0.6) is 0 Å². The summed E-state index contributed by atoms with van der Waals surface area (Å²) in [6.45, 7) is 2.47. The van der Waals surface area contributed by atoms with Gasteiger partial charge in [0.05, 0.1) is 17.0 Å². The molecule has 0 atom stereocenters. The van der Waals surface area contributed by atoms with Crippen LogP contribution in [-0.4, -0.2) is 15.7 Å². The van der Waals surface area contributed by atoms with Crippen LogP contribution in [0.25, 0.3) is 22.5 Å². The van der Waals surface area contributed by atoms with E-state index in [4.69, 9.17) is 5.73 Å². The molecule has 1 aromatic heterocycles. The Morgan fingerprint density at radius 1 is 1.04 bits per heavy atom. The highest BCUT2D eigenvalue weighted by molar-refractivity contribution is 5.93. The molecule has 3 rings (SSSR count). The minimum atomic E-state index is -4.36. The molecule has 7 heteroatoms. The number of rotatable bonds is 4. The van der Waals surface area contributed by atoms with E-state index in [1.165, 1.54) is 12.1 Å². The number of benzene rings is 2. The maximum absolute atomic E-state index is 12.7. The molecule has 1 amide bonds. The van der Waals surface area contributed by atoms with Crippen LogP contribution in [0, 0.1) is 0 Å². The molecule has 3 aromatic rings. The monoisotopic (exact) mass is 359 g/mol. The van der Waals surface area contributed by atoms with Crippen LogP contribution < -0.4 is 5.73 Å². The maximum Gasteiger partial charge on any atom is 0.416 e. The van der Waals surface area contributed by atoms with Crippen molar-refractivity contribution in [1.82, 2.24) is 9.78 Å². The highest BCUT2D eigenvalue weighted by Crippen LogP contribution is 2.32. The van der Waals surface area contributed by atoms with Crippen LogP contribution >= 0.6 is 0 Å². The maximum atomic E-state index is 12.7. The molecule has 0 unspecified atom stereocenters. The topological polar surface area (TPSA) is 60.9 Å². The molecular formula is C19H16F3N3O. The van der Waals surface area contributed by atoms with Gasteiger partial charge in [-0.3, -0.25) is 9.48 Å². The van der Waals surface area contributed by atoms with Gasteiger partial charge in [-0.25, -0.2) is 0 Å². The molecule has 0 aliphatic heterocycles. The van der Waals surface area contributed by atoms with Gasteiger partial charge in [0.1, 0.15) is 0 Å². The van der Waals surface area contributed by atoms with Crippen LogP contribution in [0.15, 0.2) is 54.6 Å². The summed E-state index contributed by atoms with van der Waals surface area (Å²) in [5.74, 6) is -0.513. The number of amides is 1. The van der Waals surface area contributed by atoms with Gasteiger partial charge < -0.3 is 5.73 Å². The fourth-order valence-corrected chi connectivity index (χ4v) is 2.67. The van der Waals surface area contributed by atoms with Crippen LogP contribution in [0.4, 0.5) is 13.2 Å². The average molecular weight is 359 g/mol. The highest BCUT2D eigenvalue weighted by atomic mass is 19.4. The minimum Gasteiger partial charge on any atom is -0.366 e. The SMILES string of the molecule is CCn1nc(-c2ccc(C(N)=O)cc2)cc1-c1ccc(C(F)(F)F)cc1. The average Bonchev–Trinajstić information content (AvgIpc) is 3.05. The van der Waals surface area contributed by atoms with Gasteiger partial charge in [0, 0.05) is 17.7 Å². The Bertz CT molecular complexity index is 926. The summed E-state index contributed by atoms with van der Waals surface area (Å²) in [5, 5.41) is 4.50. The minimum absolute atomic E-state index is 0.395. The zero-order valence-electron chi connectivity index (χ0n) is 13.9. The summed E-state index contributed by atoms with van der Waals surface area (Å²) in [5.41, 5.74) is 7.75. The van der Waals surface area contributed by atoms with Crippen LogP contribution in [0.1, 0.15) is 22.8 Å². The zero-order chi connectivity index (χ0) is 18.9. The number of nitrogens with zero attached hydrogens (tertiary/aromatic N) is 2. The molecular weight excluding hydrogens is 343 g/mol. The Labute approximate surface area is 148 Å². The Morgan fingerprint density at radius 3 is 2.12 bits per heavy atom. The number of aromatic nitrogens is 2. The van der Waals surface area contributed by atoms with Gasteiger partial charge >= 0.3 is 6.18 Å². The van der Waals surface area contributed by atoms with E-state index in [0.29, 0.717) is 23.4 Å². The normalized spacial score (nSPS) is 11.5. The van der Waals surface area contributed by atoms with E-state index in [1.807, 2.05) is 13.0 Å². The van der Waals surface area contributed by atoms with Gasteiger partial charge in [0.15, 0.2) is 0 Å². The molecule has 1 heterocycles. The van der Waals surface area contributed by atoms with Crippen molar-refractivity contribution in [2.75, 3.05) is 0 Å². The molecule has 0 fully saturated rings. The lowest BCUT2D eigenvalue weighted by Gasteiger charge is -2.08. The van der Waals surface area contributed by atoms with Crippen molar-refractivity contribution in [3.05, 3.63) is 65.7 Å². The van der Waals surface area contributed by atoms with Gasteiger partial charge in [-0.15, -0.1) is 0 Å². The number of hydrogen-bond donors (Lipinski definition) is 1. The summed E-state index contributed by atoms with van der Waals surface area (Å²) in [6.07, 6.45) is -4.36. The predicted octanol–water partition coefficient (Wildman–Crippen LogP) is 4.35. The fraction of sp³-hybridized carbons (Fsp3) is 0.158. The van der Waals surface area contributed by atoms with Gasteiger partial charge in [-0.1, -0.05) is 24.3 Å². The van der Waals surface area contributed by atoms with Crippen LogP contribution in [0.2, 0.25) is 0 Å². The van der Waals surface area contributed by atoms with Crippen LogP contribution in [-0.2, 0) is 12.7 Å². The van der Waals surface area contributed by atoms with Crippen molar-refractivity contribution < 1.29 is 18.0 Å². The standard InChI is InChI=1S/C19H16F3N3O/c1-2-25-17(13-7-9-15(10-8-13)19(20,21)22)11-16(24-25)12-3-5-14(6-4-12)18(23)26/h3-11H,2H2,1H3,(H2,23,26). The molecule has 0 radical (unpaired) electrons. The molecule has 0 aliphatic rings. The first-order valence-electron chi connectivity index (χ1n) is 7.95. The van der Waals surface area contributed by atoms with E-state index in [0.717, 1.165) is 23.4 Å². The third-order valence-corrected chi connectivity index (χ3v) is 4.05. The van der Waals surface area contributed by atoms with E-state index in [1.54, 1.807) is 28.9 Å². The zero-order valence-corrected chi connectivity index (χ0v) is 13.9. The molecule has 0 saturated heterocycles. The number of aryl methyl sites for hydroxylation is 1. The van der Waals surface area contributed by atoms with Gasteiger partial charge in [-0.2, -0.15) is 18.3 Å². The number of carbonyl (C=O) groups is 1.